The molecule has 0 radical (unpaired) electrons. The van der Waals surface area contributed by atoms with E-state index in [0.717, 1.165) is 17.7 Å². The number of hydrogen-bond acceptors (Lipinski definition) is 6. The first-order chi connectivity index (χ1) is 16.8. The second kappa shape index (κ2) is 9.44. The number of hydrogen-bond donors (Lipinski definition) is 0. The second-order valence-electron chi connectivity index (χ2n) is 8.95. The van der Waals surface area contributed by atoms with Gasteiger partial charge in [-0.1, -0.05) is 23.7 Å². The maximum Gasteiger partial charge on any atom is 0.181 e. The molecule has 2 aliphatic heterocycles. The summed E-state index contributed by atoms with van der Waals surface area (Å²) in [4.78, 5) is 7.61. The van der Waals surface area contributed by atoms with Crippen molar-refractivity contribution in [3.05, 3.63) is 82.9 Å². The highest BCUT2D eigenvalue weighted by Gasteiger charge is 2.53. The Bertz CT molecular complexity index is 1330. The lowest BCUT2D eigenvalue weighted by Gasteiger charge is -2.51. The van der Waals surface area contributed by atoms with Crippen LogP contribution in [0.3, 0.4) is 0 Å². The summed E-state index contributed by atoms with van der Waals surface area (Å²) in [6.45, 7) is 0.360. The standard InChI is InChI=1S/C25H23ClF2N2O4S/c26-17-3-1-16(2-4-17)11-25-8-9-33-22(7-10-35(31,32)18-12-29-15-30-13-18)19(25)14-34-24-21(28)6-5-20(27)23(24)25/h1-6,12-13,15,19,22H,7-11,14H2/t19-,22-,25-/m0/s1. The monoisotopic (exact) mass is 520 g/mol. The van der Waals surface area contributed by atoms with Gasteiger partial charge in [0.15, 0.2) is 21.4 Å². The molecule has 1 saturated heterocycles. The highest BCUT2D eigenvalue weighted by molar-refractivity contribution is 7.91. The number of halogens is 3. The summed E-state index contributed by atoms with van der Waals surface area (Å²) in [5.41, 5.74) is 0.262. The minimum Gasteiger partial charge on any atom is -0.490 e. The van der Waals surface area contributed by atoms with Gasteiger partial charge in [0, 0.05) is 40.9 Å². The predicted molar refractivity (Wildman–Crippen MR) is 125 cm³/mol. The topological polar surface area (TPSA) is 78.4 Å². The first-order valence-corrected chi connectivity index (χ1v) is 13.3. The molecule has 184 valence electrons. The van der Waals surface area contributed by atoms with E-state index >= 15 is 4.39 Å². The second-order valence-corrected chi connectivity index (χ2v) is 11.5. The number of fused-ring (bicyclic) bond motifs is 3. The van der Waals surface area contributed by atoms with Crippen LogP contribution in [0.4, 0.5) is 8.78 Å². The van der Waals surface area contributed by atoms with Crippen molar-refractivity contribution in [1.82, 2.24) is 9.97 Å². The molecule has 6 nitrogen and oxygen atoms in total. The lowest BCUT2D eigenvalue weighted by atomic mass is 9.60. The van der Waals surface area contributed by atoms with Crippen LogP contribution in [0.5, 0.6) is 5.75 Å². The van der Waals surface area contributed by atoms with Crippen LogP contribution in [0.25, 0.3) is 0 Å². The van der Waals surface area contributed by atoms with Crippen molar-refractivity contribution in [3.8, 4) is 5.75 Å². The van der Waals surface area contributed by atoms with Crippen LogP contribution in [0.1, 0.15) is 24.0 Å². The van der Waals surface area contributed by atoms with Gasteiger partial charge in [-0.2, -0.15) is 0 Å². The fraction of sp³-hybridized carbons (Fsp3) is 0.360. The molecule has 10 heteroatoms. The summed E-state index contributed by atoms with van der Waals surface area (Å²) in [6, 6.07) is 9.44. The molecule has 1 aromatic heterocycles. The number of nitrogens with zero attached hydrogens (tertiary/aromatic N) is 2. The van der Waals surface area contributed by atoms with Gasteiger partial charge < -0.3 is 9.47 Å². The van der Waals surface area contributed by atoms with Crippen LogP contribution in [0, 0.1) is 17.6 Å². The Balaban J connectivity index is 1.52. The fourth-order valence-corrected chi connectivity index (χ4v) is 6.68. The van der Waals surface area contributed by atoms with Crippen molar-refractivity contribution in [2.45, 2.75) is 35.7 Å². The molecule has 2 aromatic carbocycles. The zero-order valence-corrected chi connectivity index (χ0v) is 20.2. The van der Waals surface area contributed by atoms with Crippen molar-refractivity contribution < 1.29 is 26.7 Å². The summed E-state index contributed by atoms with van der Waals surface area (Å²) in [6.07, 6.45) is 4.25. The zero-order chi connectivity index (χ0) is 24.6. The maximum atomic E-state index is 15.3. The lowest BCUT2D eigenvalue weighted by Crippen LogP contribution is -2.55. The number of ether oxygens (including phenoxy) is 2. The van der Waals surface area contributed by atoms with E-state index in [4.69, 9.17) is 21.1 Å². The van der Waals surface area contributed by atoms with Gasteiger partial charge in [0.25, 0.3) is 0 Å². The molecule has 0 amide bonds. The quantitative estimate of drug-likeness (QED) is 0.474. The Morgan fingerprint density at radius 1 is 1.06 bits per heavy atom. The van der Waals surface area contributed by atoms with Crippen LogP contribution in [0.15, 0.2) is 60.0 Å². The SMILES string of the molecule is O=S(=O)(CC[C@@H]1OCC[C@@]2(Cc3ccc(Cl)cc3)c3c(F)ccc(F)c3OC[C@@H]12)c1cncnc1. The van der Waals surface area contributed by atoms with E-state index in [2.05, 4.69) is 9.97 Å². The van der Waals surface area contributed by atoms with Crippen LogP contribution in [0.2, 0.25) is 5.02 Å². The maximum absolute atomic E-state index is 15.3. The van der Waals surface area contributed by atoms with Gasteiger partial charge in [-0.25, -0.2) is 27.2 Å². The smallest absolute Gasteiger partial charge is 0.181 e. The van der Waals surface area contributed by atoms with Crippen molar-refractivity contribution >= 4 is 21.4 Å². The van der Waals surface area contributed by atoms with Crippen molar-refractivity contribution in [1.29, 1.82) is 0 Å². The van der Waals surface area contributed by atoms with Crippen LogP contribution >= 0.6 is 11.6 Å². The van der Waals surface area contributed by atoms with E-state index in [1.54, 1.807) is 12.1 Å². The van der Waals surface area contributed by atoms with E-state index in [0.29, 0.717) is 17.9 Å². The first-order valence-electron chi connectivity index (χ1n) is 11.3. The Hall–Kier alpha value is -2.62. The van der Waals surface area contributed by atoms with Crippen LogP contribution < -0.4 is 4.74 Å². The average Bonchev–Trinajstić information content (AvgIpc) is 2.86. The molecule has 2 aliphatic rings. The minimum absolute atomic E-state index is 0.0293. The molecule has 0 aliphatic carbocycles. The molecule has 35 heavy (non-hydrogen) atoms. The van der Waals surface area contributed by atoms with Gasteiger partial charge in [0.1, 0.15) is 17.0 Å². The molecule has 0 bridgehead atoms. The fourth-order valence-electron chi connectivity index (χ4n) is 5.33. The van der Waals surface area contributed by atoms with Gasteiger partial charge in [-0.3, -0.25) is 0 Å². The average molecular weight is 521 g/mol. The summed E-state index contributed by atoms with van der Waals surface area (Å²) in [5.74, 6) is -1.83. The summed E-state index contributed by atoms with van der Waals surface area (Å²) in [5, 5.41) is 0.576. The number of rotatable bonds is 6. The summed E-state index contributed by atoms with van der Waals surface area (Å²) in [7, 11) is -3.65. The molecule has 0 saturated carbocycles. The molecule has 3 atom stereocenters. The molecule has 0 unspecified atom stereocenters. The normalized spacial score (nSPS) is 23.7. The van der Waals surface area contributed by atoms with E-state index in [1.807, 2.05) is 12.1 Å². The van der Waals surface area contributed by atoms with Crippen molar-refractivity contribution in [2.75, 3.05) is 19.0 Å². The van der Waals surface area contributed by atoms with Gasteiger partial charge in [-0.15, -0.1) is 0 Å². The molecule has 3 heterocycles. The van der Waals surface area contributed by atoms with Crippen molar-refractivity contribution in [3.63, 3.8) is 0 Å². The number of aromatic nitrogens is 2. The third kappa shape index (κ3) is 4.52. The zero-order valence-electron chi connectivity index (χ0n) is 18.7. The Morgan fingerprint density at radius 2 is 1.77 bits per heavy atom. The third-order valence-corrected chi connectivity index (χ3v) is 8.96. The van der Waals surface area contributed by atoms with Crippen LogP contribution in [-0.2, 0) is 26.4 Å². The largest absolute Gasteiger partial charge is 0.490 e. The van der Waals surface area contributed by atoms with Gasteiger partial charge in [-0.05, 0) is 49.1 Å². The summed E-state index contributed by atoms with van der Waals surface area (Å²) >= 11 is 6.06. The summed E-state index contributed by atoms with van der Waals surface area (Å²) < 4.78 is 67.5. The van der Waals surface area contributed by atoms with E-state index < -0.39 is 38.9 Å². The third-order valence-electron chi connectivity index (χ3n) is 7.00. The number of benzene rings is 2. The molecule has 0 N–H and O–H groups in total. The minimum atomic E-state index is -3.65. The Kier molecular flexibility index (Phi) is 6.50. The van der Waals surface area contributed by atoms with Crippen molar-refractivity contribution in [2.24, 2.45) is 5.92 Å². The number of sulfone groups is 1. The van der Waals surface area contributed by atoms with E-state index in [-0.39, 0.29) is 41.6 Å². The molecular weight excluding hydrogens is 498 g/mol. The molecular formula is C25H23ClF2N2O4S. The van der Waals surface area contributed by atoms with Gasteiger partial charge in [0.2, 0.25) is 0 Å². The van der Waals surface area contributed by atoms with E-state index in [1.165, 1.54) is 18.7 Å². The molecule has 5 rings (SSSR count). The molecule has 3 aromatic rings. The highest BCUT2D eigenvalue weighted by atomic mass is 35.5. The lowest BCUT2D eigenvalue weighted by molar-refractivity contribution is -0.0963. The molecule has 1 fully saturated rings. The van der Waals surface area contributed by atoms with E-state index in [9.17, 15) is 12.8 Å². The molecule has 0 spiro atoms. The highest BCUT2D eigenvalue weighted by Crippen LogP contribution is 2.52. The van der Waals surface area contributed by atoms with Gasteiger partial charge >= 0.3 is 0 Å². The first kappa shape index (κ1) is 24.1. The van der Waals surface area contributed by atoms with Gasteiger partial charge in [0.05, 0.1) is 18.5 Å². The van der Waals surface area contributed by atoms with Crippen LogP contribution in [-0.4, -0.2) is 43.5 Å². The predicted octanol–water partition coefficient (Wildman–Crippen LogP) is 4.55. The Labute approximate surface area is 207 Å². The Morgan fingerprint density at radius 3 is 2.51 bits per heavy atom.